The smallest absolute Gasteiger partial charge is 0.253 e. The van der Waals surface area contributed by atoms with E-state index in [9.17, 15) is 14.4 Å². The summed E-state index contributed by atoms with van der Waals surface area (Å²) in [5, 5.41) is 5.73. The Hall–Kier alpha value is -3.15. The molecular weight excluding hydrogens is 366 g/mol. The van der Waals surface area contributed by atoms with Crippen LogP contribution in [-0.4, -0.2) is 35.2 Å². The number of carbonyl (C=O) groups is 3. The zero-order valence-electron chi connectivity index (χ0n) is 17.1. The van der Waals surface area contributed by atoms with Crippen molar-refractivity contribution >= 4 is 23.4 Å². The number of nitrogens with zero attached hydrogens (tertiary/aromatic N) is 1. The Labute approximate surface area is 171 Å². The van der Waals surface area contributed by atoms with Gasteiger partial charge in [-0.3, -0.25) is 14.4 Å². The van der Waals surface area contributed by atoms with Crippen LogP contribution in [0.3, 0.4) is 0 Å². The maximum absolute atomic E-state index is 12.7. The zero-order valence-corrected chi connectivity index (χ0v) is 17.1. The van der Waals surface area contributed by atoms with Crippen molar-refractivity contribution in [1.29, 1.82) is 0 Å². The molecule has 152 valence electrons. The number of hydrogen-bond donors (Lipinski definition) is 2. The first-order chi connectivity index (χ1) is 13.8. The molecule has 0 spiro atoms. The van der Waals surface area contributed by atoms with E-state index in [0.29, 0.717) is 24.3 Å². The lowest BCUT2D eigenvalue weighted by molar-refractivity contribution is -0.129. The number of hydrogen-bond acceptors (Lipinski definition) is 3. The van der Waals surface area contributed by atoms with Gasteiger partial charge in [-0.05, 0) is 38.5 Å². The van der Waals surface area contributed by atoms with Gasteiger partial charge < -0.3 is 15.5 Å². The molecule has 6 heteroatoms. The van der Waals surface area contributed by atoms with Gasteiger partial charge in [-0.15, -0.1) is 0 Å². The summed E-state index contributed by atoms with van der Waals surface area (Å²) in [6.07, 6.45) is 0.200. The summed E-state index contributed by atoms with van der Waals surface area (Å²) < 4.78 is 0. The summed E-state index contributed by atoms with van der Waals surface area (Å²) in [6, 6.07) is 14.9. The van der Waals surface area contributed by atoms with E-state index in [1.807, 2.05) is 45.0 Å². The van der Waals surface area contributed by atoms with Gasteiger partial charge in [0.05, 0.1) is 17.2 Å². The highest BCUT2D eigenvalue weighted by Crippen LogP contribution is 2.23. The second-order valence-corrected chi connectivity index (χ2v) is 7.74. The molecule has 1 fully saturated rings. The fourth-order valence-corrected chi connectivity index (χ4v) is 3.41. The Morgan fingerprint density at radius 1 is 1.10 bits per heavy atom. The number of nitrogens with one attached hydrogen (secondary N) is 2. The van der Waals surface area contributed by atoms with Gasteiger partial charge >= 0.3 is 0 Å². The molecule has 0 saturated carbocycles. The van der Waals surface area contributed by atoms with E-state index >= 15 is 0 Å². The van der Waals surface area contributed by atoms with Crippen LogP contribution in [0.5, 0.6) is 0 Å². The van der Waals surface area contributed by atoms with Crippen molar-refractivity contribution in [3.8, 4) is 0 Å². The molecule has 3 amide bonds. The molecule has 1 aliphatic rings. The molecule has 1 saturated heterocycles. The minimum Gasteiger partial charge on any atom is -0.348 e. The van der Waals surface area contributed by atoms with Gasteiger partial charge in [-0.25, -0.2) is 0 Å². The molecule has 1 unspecified atom stereocenters. The van der Waals surface area contributed by atoms with Crippen molar-refractivity contribution in [2.24, 2.45) is 5.92 Å². The molecule has 2 aromatic rings. The molecule has 0 radical (unpaired) electrons. The third-order valence-corrected chi connectivity index (χ3v) is 5.16. The summed E-state index contributed by atoms with van der Waals surface area (Å²) in [6.45, 7) is 6.70. The monoisotopic (exact) mass is 393 g/mol. The number of anilines is 1. The van der Waals surface area contributed by atoms with Crippen LogP contribution >= 0.6 is 0 Å². The van der Waals surface area contributed by atoms with Crippen molar-refractivity contribution in [2.45, 2.75) is 39.8 Å². The molecule has 6 nitrogen and oxygen atoms in total. The Morgan fingerprint density at radius 3 is 2.45 bits per heavy atom. The number of amides is 3. The predicted molar refractivity (Wildman–Crippen MR) is 112 cm³/mol. The fraction of sp³-hybridized carbons (Fsp3) is 0.348. The minimum absolute atomic E-state index is 0.00993. The van der Waals surface area contributed by atoms with Gasteiger partial charge in [0, 0.05) is 25.6 Å². The van der Waals surface area contributed by atoms with Crippen LogP contribution in [0.1, 0.15) is 41.8 Å². The number of carbonyl (C=O) groups excluding carboxylic acids is 3. The second-order valence-electron chi connectivity index (χ2n) is 7.74. The van der Waals surface area contributed by atoms with Gasteiger partial charge in [0.2, 0.25) is 11.8 Å². The summed E-state index contributed by atoms with van der Waals surface area (Å²) in [5.41, 5.74) is 3.02. The lowest BCUT2D eigenvalue weighted by Gasteiger charge is -2.20. The number of likely N-dealkylation sites (tertiary alicyclic amines) is 1. The molecule has 0 aliphatic carbocycles. The number of benzene rings is 2. The quantitative estimate of drug-likeness (QED) is 0.791. The minimum atomic E-state index is -0.409. The Bertz CT molecular complexity index is 906. The van der Waals surface area contributed by atoms with E-state index in [-0.39, 0.29) is 30.2 Å². The average molecular weight is 393 g/mol. The number of rotatable bonds is 6. The molecule has 0 aromatic heterocycles. The van der Waals surface area contributed by atoms with Crippen molar-refractivity contribution in [1.82, 2.24) is 10.2 Å². The molecule has 1 aliphatic heterocycles. The highest BCUT2D eigenvalue weighted by Gasteiger charge is 2.35. The summed E-state index contributed by atoms with van der Waals surface area (Å²) in [4.78, 5) is 39.2. The number of para-hydroxylation sites is 1. The maximum Gasteiger partial charge on any atom is 0.253 e. The summed E-state index contributed by atoms with van der Waals surface area (Å²) in [5.74, 6) is -0.911. The molecule has 2 aromatic carbocycles. The highest BCUT2D eigenvalue weighted by molar-refractivity contribution is 6.05. The molecule has 3 rings (SSSR count). The van der Waals surface area contributed by atoms with Crippen molar-refractivity contribution in [2.75, 3.05) is 11.9 Å². The largest absolute Gasteiger partial charge is 0.348 e. The van der Waals surface area contributed by atoms with Gasteiger partial charge in [0.25, 0.3) is 5.91 Å². The molecular formula is C23H27N3O3. The molecule has 29 heavy (non-hydrogen) atoms. The van der Waals surface area contributed by atoms with Crippen LogP contribution in [0.15, 0.2) is 48.5 Å². The van der Waals surface area contributed by atoms with Crippen LogP contribution in [0.4, 0.5) is 5.69 Å². The van der Waals surface area contributed by atoms with Crippen molar-refractivity contribution < 1.29 is 14.4 Å². The lowest BCUT2D eigenvalue weighted by atomic mass is 10.1. The van der Waals surface area contributed by atoms with Crippen LogP contribution in [-0.2, 0) is 16.1 Å². The van der Waals surface area contributed by atoms with Crippen LogP contribution in [0.2, 0.25) is 0 Å². The topological polar surface area (TPSA) is 78.5 Å². The first-order valence-corrected chi connectivity index (χ1v) is 9.88. The number of aryl methyl sites for hydroxylation is 1. The van der Waals surface area contributed by atoms with Crippen molar-refractivity contribution in [3.63, 3.8) is 0 Å². The van der Waals surface area contributed by atoms with E-state index in [0.717, 1.165) is 11.1 Å². The summed E-state index contributed by atoms with van der Waals surface area (Å²) >= 11 is 0. The van der Waals surface area contributed by atoms with E-state index in [2.05, 4.69) is 10.6 Å². The summed E-state index contributed by atoms with van der Waals surface area (Å²) in [7, 11) is 0. The third kappa shape index (κ3) is 5.02. The van der Waals surface area contributed by atoms with E-state index in [1.54, 1.807) is 29.2 Å². The fourth-order valence-electron chi connectivity index (χ4n) is 3.41. The van der Waals surface area contributed by atoms with E-state index < -0.39 is 5.92 Å². The molecule has 1 heterocycles. The third-order valence-electron chi connectivity index (χ3n) is 5.16. The maximum atomic E-state index is 12.7. The second kappa shape index (κ2) is 8.90. The van der Waals surface area contributed by atoms with E-state index in [4.69, 9.17) is 0 Å². The Morgan fingerprint density at radius 2 is 1.79 bits per heavy atom. The standard InChI is InChI=1S/C23H27N3O3/c1-15(2)26-14-18(12-21(26)27)22(28)25-20-7-5-4-6-19(20)23(29)24-13-17-10-8-16(3)9-11-17/h4-11,15,18H,12-14H2,1-3H3,(H,24,29)(H,25,28). The zero-order chi connectivity index (χ0) is 21.0. The molecule has 2 N–H and O–H groups in total. The normalized spacial score (nSPS) is 16.2. The van der Waals surface area contributed by atoms with Crippen molar-refractivity contribution in [3.05, 3.63) is 65.2 Å². The van der Waals surface area contributed by atoms with Gasteiger partial charge in [0.15, 0.2) is 0 Å². The first-order valence-electron chi connectivity index (χ1n) is 9.88. The lowest BCUT2D eigenvalue weighted by Crippen LogP contribution is -2.33. The predicted octanol–water partition coefficient (Wildman–Crippen LogP) is 3.12. The van der Waals surface area contributed by atoms with E-state index in [1.165, 1.54) is 0 Å². The van der Waals surface area contributed by atoms with Gasteiger partial charge in [0.1, 0.15) is 0 Å². The highest BCUT2D eigenvalue weighted by atomic mass is 16.2. The molecule has 1 atom stereocenters. The van der Waals surface area contributed by atoms with Gasteiger partial charge in [-0.2, -0.15) is 0 Å². The SMILES string of the molecule is Cc1ccc(CNC(=O)c2ccccc2NC(=O)C2CC(=O)N(C(C)C)C2)cc1. The first kappa shape index (κ1) is 20.6. The Balaban J connectivity index is 1.65. The average Bonchev–Trinajstić information content (AvgIpc) is 3.10. The van der Waals surface area contributed by atoms with Crippen LogP contribution in [0.25, 0.3) is 0 Å². The van der Waals surface area contributed by atoms with Gasteiger partial charge in [-0.1, -0.05) is 42.0 Å². The molecule has 0 bridgehead atoms. The van der Waals surface area contributed by atoms with Crippen LogP contribution in [0, 0.1) is 12.8 Å². The Kier molecular flexibility index (Phi) is 6.32. The van der Waals surface area contributed by atoms with Crippen LogP contribution < -0.4 is 10.6 Å².